The second-order valence-electron chi connectivity index (χ2n) is 5.24. The second kappa shape index (κ2) is 6.44. The number of carbonyl (C=O) groups excluding carboxylic acids is 1. The Bertz CT molecular complexity index is 760. The number of nitrogens with zero attached hydrogens (tertiary/aromatic N) is 4. The molecule has 0 spiro atoms. The highest BCUT2D eigenvalue weighted by Crippen LogP contribution is 2.38. The number of ether oxygens (including phenoxy) is 1. The fraction of sp³-hybridized carbons (Fsp3) is 0.400. The Balaban J connectivity index is 1.67. The number of H-pyrrole nitrogens is 1. The van der Waals surface area contributed by atoms with Crippen LogP contribution in [0, 0.1) is 11.3 Å². The van der Waals surface area contributed by atoms with Crippen molar-refractivity contribution in [1.29, 1.82) is 5.26 Å². The molecule has 2 N–H and O–H groups in total. The molecule has 0 amide bonds. The number of rotatable bonds is 6. The summed E-state index contributed by atoms with van der Waals surface area (Å²) in [4.78, 5) is 20.2. The van der Waals surface area contributed by atoms with Gasteiger partial charge in [-0.1, -0.05) is 0 Å². The normalized spacial score (nSPS) is 13.4. The van der Waals surface area contributed by atoms with E-state index in [2.05, 4.69) is 25.5 Å². The van der Waals surface area contributed by atoms with E-state index in [1.54, 1.807) is 19.1 Å². The summed E-state index contributed by atoms with van der Waals surface area (Å²) < 4.78 is 4.88. The smallest absolute Gasteiger partial charge is 0.358 e. The number of carbonyl (C=O) groups is 1. The first-order valence-electron chi connectivity index (χ1n) is 7.44. The summed E-state index contributed by atoms with van der Waals surface area (Å²) in [5.74, 6) is 1.21. The fourth-order valence-corrected chi connectivity index (χ4v) is 2.09. The predicted molar refractivity (Wildman–Crippen MR) is 80.6 cm³/mol. The molecular formula is C15H16N6O2. The molecule has 1 aliphatic carbocycles. The van der Waals surface area contributed by atoms with Gasteiger partial charge in [-0.25, -0.2) is 14.8 Å². The molecule has 118 valence electrons. The standard InChI is InChI=1S/C15H16N6O2/c1-2-23-15(22)12-5-11(20-21-12)8-17-13-6-10(7-16)18-14(19-13)9-3-4-9/h5-6,9H,2-4,8H2,1H3,(H,20,21)(H,17,18,19). The third-order valence-electron chi connectivity index (χ3n) is 3.38. The molecule has 0 aromatic carbocycles. The number of aromatic amines is 1. The molecule has 1 saturated carbocycles. The highest BCUT2D eigenvalue weighted by atomic mass is 16.5. The van der Waals surface area contributed by atoms with Gasteiger partial charge in [0.1, 0.15) is 23.4 Å². The summed E-state index contributed by atoms with van der Waals surface area (Å²) in [6.45, 7) is 2.45. The highest BCUT2D eigenvalue weighted by Gasteiger charge is 2.27. The van der Waals surface area contributed by atoms with Gasteiger partial charge in [0.2, 0.25) is 0 Å². The Morgan fingerprint density at radius 2 is 2.30 bits per heavy atom. The quantitative estimate of drug-likeness (QED) is 0.780. The summed E-state index contributed by atoms with van der Waals surface area (Å²) >= 11 is 0. The van der Waals surface area contributed by atoms with E-state index in [-0.39, 0.29) is 5.69 Å². The summed E-state index contributed by atoms with van der Waals surface area (Å²) in [5.41, 5.74) is 1.31. The zero-order valence-corrected chi connectivity index (χ0v) is 12.7. The van der Waals surface area contributed by atoms with Crippen molar-refractivity contribution < 1.29 is 9.53 Å². The van der Waals surface area contributed by atoms with E-state index in [1.165, 1.54) is 0 Å². The third-order valence-corrected chi connectivity index (χ3v) is 3.38. The van der Waals surface area contributed by atoms with Crippen molar-refractivity contribution in [2.45, 2.75) is 32.2 Å². The zero-order valence-electron chi connectivity index (χ0n) is 12.7. The molecule has 0 radical (unpaired) electrons. The van der Waals surface area contributed by atoms with Gasteiger partial charge in [-0.2, -0.15) is 10.4 Å². The van der Waals surface area contributed by atoms with Crippen molar-refractivity contribution in [1.82, 2.24) is 20.2 Å². The second-order valence-corrected chi connectivity index (χ2v) is 5.24. The van der Waals surface area contributed by atoms with Crippen LogP contribution in [0.3, 0.4) is 0 Å². The molecule has 3 rings (SSSR count). The molecule has 2 aromatic rings. The van der Waals surface area contributed by atoms with E-state index < -0.39 is 5.97 Å². The third kappa shape index (κ3) is 3.63. The SMILES string of the molecule is CCOC(=O)c1cc(CNc2cc(C#N)nc(C3CC3)n2)[nH]n1. The maximum atomic E-state index is 11.6. The van der Waals surface area contributed by atoms with Crippen LogP contribution in [0.2, 0.25) is 0 Å². The summed E-state index contributed by atoms with van der Waals surface area (Å²) in [5, 5.41) is 18.9. The molecule has 8 nitrogen and oxygen atoms in total. The van der Waals surface area contributed by atoms with E-state index in [1.807, 2.05) is 6.07 Å². The van der Waals surface area contributed by atoms with E-state index >= 15 is 0 Å². The first-order valence-corrected chi connectivity index (χ1v) is 7.44. The number of hydrogen-bond acceptors (Lipinski definition) is 7. The molecule has 0 unspecified atom stereocenters. The number of anilines is 1. The molecule has 2 aromatic heterocycles. The Morgan fingerprint density at radius 3 is 3.00 bits per heavy atom. The van der Waals surface area contributed by atoms with Crippen molar-refractivity contribution in [3.63, 3.8) is 0 Å². The van der Waals surface area contributed by atoms with Crippen LogP contribution in [-0.4, -0.2) is 32.7 Å². The lowest BCUT2D eigenvalue weighted by Gasteiger charge is -2.06. The van der Waals surface area contributed by atoms with Crippen LogP contribution in [0.25, 0.3) is 0 Å². The van der Waals surface area contributed by atoms with Gasteiger partial charge in [0.15, 0.2) is 5.69 Å². The lowest BCUT2D eigenvalue weighted by Crippen LogP contribution is -2.06. The van der Waals surface area contributed by atoms with Crippen molar-refractivity contribution in [2.75, 3.05) is 11.9 Å². The zero-order chi connectivity index (χ0) is 16.2. The van der Waals surface area contributed by atoms with Crippen LogP contribution in [0.5, 0.6) is 0 Å². The molecule has 0 bridgehead atoms. The predicted octanol–water partition coefficient (Wildman–Crippen LogP) is 1.74. The van der Waals surface area contributed by atoms with Gasteiger partial charge >= 0.3 is 5.97 Å². The maximum Gasteiger partial charge on any atom is 0.358 e. The number of aromatic nitrogens is 4. The molecule has 8 heteroatoms. The van der Waals surface area contributed by atoms with E-state index in [0.717, 1.165) is 18.5 Å². The number of nitrogens with one attached hydrogen (secondary N) is 2. The van der Waals surface area contributed by atoms with Gasteiger partial charge in [0.05, 0.1) is 18.8 Å². The molecule has 1 aliphatic rings. The summed E-state index contributed by atoms with van der Waals surface area (Å²) in [7, 11) is 0. The molecule has 23 heavy (non-hydrogen) atoms. The van der Waals surface area contributed by atoms with E-state index in [4.69, 9.17) is 10.00 Å². The van der Waals surface area contributed by atoms with Gasteiger partial charge in [0, 0.05) is 12.0 Å². The van der Waals surface area contributed by atoms with Gasteiger partial charge in [-0.05, 0) is 25.8 Å². The van der Waals surface area contributed by atoms with E-state index in [0.29, 0.717) is 36.4 Å². The Kier molecular flexibility index (Phi) is 4.19. The van der Waals surface area contributed by atoms with Crippen molar-refractivity contribution in [3.8, 4) is 6.07 Å². The molecule has 0 atom stereocenters. The topological polar surface area (TPSA) is 117 Å². The Labute approximate surface area is 132 Å². The number of nitriles is 1. The van der Waals surface area contributed by atoms with Crippen LogP contribution in [0.4, 0.5) is 5.82 Å². The van der Waals surface area contributed by atoms with Crippen molar-refractivity contribution in [2.24, 2.45) is 0 Å². The average Bonchev–Trinajstić information content (AvgIpc) is 3.31. The molecular weight excluding hydrogens is 296 g/mol. The minimum absolute atomic E-state index is 0.239. The lowest BCUT2D eigenvalue weighted by atomic mass is 10.3. The fourth-order valence-electron chi connectivity index (χ4n) is 2.09. The van der Waals surface area contributed by atoms with Gasteiger partial charge in [0.25, 0.3) is 0 Å². The maximum absolute atomic E-state index is 11.6. The van der Waals surface area contributed by atoms with Gasteiger partial charge < -0.3 is 10.1 Å². The minimum atomic E-state index is -0.458. The van der Waals surface area contributed by atoms with Gasteiger partial charge in [-0.3, -0.25) is 5.10 Å². The molecule has 1 fully saturated rings. The van der Waals surface area contributed by atoms with Crippen molar-refractivity contribution in [3.05, 3.63) is 35.0 Å². The Hall–Kier alpha value is -2.95. The summed E-state index contributed by atoms with van der Waals surface area (Å²) in [6, 6.07) is 5.28. The molecule has 2 heterocycles. The average molecular weight is 312 g/mol. The molecule has 0 aliphatic heterocycles. The number of hydrogen-bond donors (Lipinski definition) is 2. The van der Waals surface area contributed by atoms with Crippen LogP contribution < -0.4 is 5.32 Å². The van der Waals surface area contributed by atoms with Gasteiger partial charge in [-0.15, -0.1) is 0 Å². The monoisotopic (exact) mass is 312 g/mol. The first kappa shape index (κ1) is 15.0. The lowest BCUT2D eigenvalue weighted by molar-refractivity contribution is 0.0519. The van der Waals surface area contributed by atoms with Crippen LogP contribution in [0.15, 0.2) is 12.1 Å². The Morgan fingerprint density at radius 1 is 1.48 bits per heavy atom. The van der Waals surface area contributed by atoms with Crippen molar-refractivity contribution >= 4 is 11.8 Å². The molecule has 0 saturated heterocycles. The highest BCUT2D eigenvalue weighted by molar-refractivity contribution is 5.87. The first-order chi connectivity index (χ1) is 11.2. The van der Waals surface area contributed by atoms with E-state index in [9.17, 15) is 4.79 Å². The largest absolute Gasteiger partial charge is 0.461 e. The summed E-state index contributed by atoms with van der Waals surface area (Å²) in [6.07, 6.45) is 2.13. The van der Waals surface area contributed by atoms with Crippen LogP contribution in [-0.2, 0) is 11.3 Å². The van der Waals surface area contributed by atoms with Crippen LogP contribution in [0.1, 0.15) is 53.4 Å². The van der Waals surface area contributed by atoms with Crippen LogP contribution >= 0.6 is 0 Å². The minimum Gasteiger partial charge on any atom is -0.461 e. The number of esters is 1.